The summed E-state index contributed by atoms with van der Waals surface area (Å²) >= 11 is 0. The van der Waals surface area contributed by atoms with E-state index in [1.165, 1.54) is 37.8 Å². The van der Waals surface area contributed by atoms with E-state index in [0.29, 0.717) is 54.8 Å². The molecule has 1 fully saturated rings. The topological polar surface area (TPSA) is 103 Å². The molecule has 0 spiro atoms. The molecule has 1 heterocycles. The largest absolute Gasteiger partial charge is 0.493 e. The van der Waals surface area contributed by atoms with Gasteiger partial charge in [-0.05, 0) is 48.4 Å². The Labute approximate surface area is 193 Å². The number of anilines is 1. The van der Waals surface area contributed by atoms with Gasteiger partial charge < -0.3 is 24.3 Å². The third-order valence-corrected chi connectivity index (χ3v) is 7.08. The van der Waals surface area contributed by atoms with Crippen LogP contribution < -0.4 is 19.5 Å². The summed E-state index contributed by atoms with van der Waals surface area (Å²) in [6.45, 7) is 3.12. The lowest BCUT2D eigenvalue weighted by molar-refractivity contribution is -0.111. The van der Waals surface area contributed by atoms with E-state index in [2.05, 4.69) is 5.32 Å². The van der Waals surface area contributed by atoms with Crippen molar-refractivity contribution >= 4 is 27.7 Å². The van der Waals surface area contributed by atoms with E-state index in [-0.39, 0.29) is 4.90 Å². The number of nitrogens with one attached hydrogen (secondary N) is 1. The zero-order chi connectivity index (χ0) is 24.0. The van der Waals surface area contributed by atoms with Gasteiger partial charge in [0.15, 0.2) is 11.5 Å². The summed E-state index contributed by atoms with van der Waals surface area (Å²) in [6, 6.07) is 8.12. The molecule has 178 valence electrons. The minimum Gasteiger partial charge on any atom is -0.493 e. The number of ether oxygens (including phenoxy) is 4. The second kappa shape index (κ2) is 10.7. The first kappa shape index (κ1) is 24.6. The molecule has 3 rings (SSSR count). The number of amides is 1. The Bertz CT molecular complexity index is 1110. The maximum Gasteiger partial charge on any atom is 0.248 e. The van der Waals surface area contributed by atoms with Crippen LogP contribution in [0.25, 0.3) is 6.08 Å². The third kappa shape index (κ3) is 5.65. The van der Waals surface area contributed by atoms with Crippen LogP contribution in [-0.2, 0) is 19.6 Å². The van der Waals surface area contributed by atoms with Gasteiger partial charge in [0.2, 0.25) is 21.7 Å². The molecule has 10 heteroatoms. The van der Waals surface area contributed by atoms with Crippen LogP contribution in [0, 0.1) is 6.92 Å². The zero-order valence-electron chi connectivity index (χ0n) is 19.1. The molecule has 2 aromatic carbocycles. The van der Waals surface area contributed by atoms with Crippen LogP contribution in [0.2, 0.25) is 0 Å². The first-order valence-corrected chi connectivity index (χ1v) is 11.7. The Hall–Kier alpha value is -3.08. The van der Waals surface area contributed by atoms with Crippen molar-refractivity contribution in [2.45, 2.75) is 11.8 Å². The van der Waals surface area contributed by atoms with Crippen molar-refractivity contribution in [3.63, 3.8) is 0 Å². The molecule has 33 heavy (non-hydrogen) atoms. The van der Waals surface area contributed by atoms with Gasteiger partial charge in [0.25, 0.3) is 0 Å². The van der Waals surface area contributed by atoms with Crippen molar-refractivity contribution < 1.29 is 32.2 Å². The number of nitrogens with zero attached hydrogens (tertiary/aromatic N) is 1. The zero-order valence-corrected chi connectivity index (χ0v) is 19.9. The predicted octanol–water partition coefficient (Wildman–Crippen LogP) is 2.69. The van der Waals surface area contributed by atoms with Gasteiger partial charge in [0, 0.05) is 24.9 Å². The molecular weight excluding hydrogens is 448 g/mol. The van der Waals surface area contributed by atoms with E-state index in [0.717, 1.165) is 5.56 Å². The number of sulfonamides is 1. The summed E-state index contributed by atoms with van der Waals surface area (Å²) in [6.07, 6.45) is 2.95. The lowest BCUT2D eigenvalue weighted by Gasteiger charge is -2.26. The average molecular weight is 477 g/mol. The Balaban J connectivity index is 1.79. The number of benzene rings is 2. The minimum atomic E-state index is -3.67. The number of aryl methyl sites for hydroxylation is 1. The standard InChI is InChI=1S/C23H28N2O7S/c1-16-5-7-18(33(27,28)25-9-11-32-12-10-25)15-19(16)24-22(26)8-6-17-13-20(29-2)23(31-4)21(14-17)30-3/h5-8,13-15H,9-12H2,1-4H3,(H,24,26)/b8-6+. The average Bonchev–Trinajstić information content (AvgIpc) is 2.83. The van der Waals surface area contributed by atoms with E-state index in [1.807, 2.05) is 0 Å². The number of carbonyl (C=O) groups is 1. The van der Waals surface area contributed by atoms with Crippen LogP contribution in [0.1, 0.15) is 11.1 Å². The van der Waals surface area contributed by atoms with E-state index in [4.69, 9.17) is 18.9 Å². The highest BCUT2D eigenvalue weighted by molar-refractivity contribution is 7.89. The highest BCUT2D eigenvalue weighted by atomic mass is 32.2. The maximum atomic E-state index is 12.9. The van der Waals surface area contributed by atoms with Gasteiger partial charge in [-0.25, -0.2) is 8.42 Å². The summed E-state index contributed by atoms with van der Waals surface area (Å²) in [4.78, 5) is 12.7. The molecule has 1 amide bonds. The number of hydrogen-bond donors (Lipinski definition) is 1. The molecule has 0 aliphatic carbocycles. The predicted molar refractivity (Wildman–Crippen MR) is 125 cm³/mol. The molecule has 1 N–H and O–H groups in total. The SMILES string of the molecule is COc1cc(/C=C/C(=O)Nc2cc(S(=O)(=O)N3CCOCC3)ccc2C)cc(OC)c1OC. The highest BCUT2D eigenvalue weighted by Crippen LogP contribution is 2.38. The van der Waals surface area contributed by atoms with Gasteiger partial charge in [-0.15, -0.1) is 0 Å². The molecule has 0 radical (unpaired) electrons. The van der Waals surface area contributed by atoms with E-state index in [9.17, 15) is 13.2 Å². The first-order valence-electron chi connectivity index (χ1n) is 10.3. The Morgan fingerprint density at radius 3 is 2.24 bits per heavy atom. The molecule has 1 saturated heterocycles. The fourth-order valence-electron chi connectivity index (χ4n) is 3.38. The molecule has 1 aliphatic heterocycles. The van der Waals surface area contributed by atoms with Crippen molar-refractivity contribution in [1.29, 1.82) is 0 Å². The Morgan fingerprint density at radius 2 is 1.67 bits per heavy atom. The van der Waals surface area contributed by atoms with Gasteiger partial charge in [-0.3, -0.25) is 4.79 Å². The Kier molecular flexibility index (Phi) is 7.96. The monoisotopic (exact) mass is 476 g/mol. The Morgan fingerprint density at radius 1 is 1.03 bits per heavy atom. The van der Waals surface area contributed by atoms with E-state index < -0.39 is 15.9 Å². The highest BCUT2D eigenvalue weighted by Gasteiger charge is 2.26. The van der Waals surface area contributed by atoms with Gasteiger partial charge in [-0.2, -0.15) is 4.31 Å². The summed E-state index contributed by atoms with van der Waals surface area (Å²) in [5, 5.41) is 2.76. The molecule has 0 aromatic heterocycles. The molecule has 2 aromatic rings. The van der Waals surface area contributed by atoms with Crippen molar-refractivity contribution in [2.75, 3.05) is 52.9 Å². The normalized spacial score (nSPS) is 14.8. The van der Waals surface area contributed by atoms with Gasteiger partial charge >= 0.3 is 0 Å². The van der Waals surface area contributed by atoms with Crippen molar-refractivity contribution in [3.05, 3.63) is 47.5 Å². The lowest BCUT2D eigenvalue weighted by atomic mass is 10.1. The molecule has 0 bridgehead atoms. The minimum absolute atomic E-state index is 0.124. The van der Waals surface area contributed by atoms with Crippen LogP contribution in [0.15, 0.2) is 41.3 Å². The van der Waals surface area contributed by atoms with Crippen LogP contribution in [0.5, 0.6) is 17.2 Å². The van der Waals surface area contributed by atoms with Crippen LogP contribution >= 0.6 is 0 Å². The fraction of sp³-hybridized carbons (Fsp3) is 0.348. The second-order valence-corrected chi connectivity index (χ2v) is 9.21. The van der Waals surface area contributed by atoms with Gasteiger partial charge in [0.1, 0.15) is 0 Å². The van der Waals surface area contributed by atoms with Crippen LogP contribution in [0.4, 0.5) is 5.69 Å². The second-order valence-electron chi connectivity index (χ2n) is 7.27. The van der Waals surface area contributed by atoms with Crippen molar-refractivity contribution in [2.24, 2.45) is 0 Å². The molecule has 0 unspecified atom stereocenters. The van der Waals surface area contributed by atoms with Crippen LogP contribution in [-0.4, -0.2) is 66.3 Å². The summed E-state index contributed by atoms with van der Waals surface area (Å²) in [5.41, 5.74) is 1.83. The fourth-order valence-corrected chi connectivity index (χ4v) is 4.81. The molecule has 0 atom stereocenters. The number of methoxy groups -OCH3 is 3. The van der Waals surface area contributed by atoms with E-state index >= 15 is 0 Å². The summed E-state index contributed by atoms with van der Waals surface area (Å²) in [7, 11) is 0.867. The molecule has 1 aliphatic rings. The number of rotatable bonds is 8. The van der Waals surface area contributed by atoms with Crippen LogP contribution in [0.3, 0.4) is 0 Å². The van der Waals surface area contributed by atoms with Crippen molar-refractivity contribution in [1.82, 2.24) is 4.31 Å². The quantitative estimate of drug-likeness (QED) is 0.584. The molecule has 9 nitrogen and oxygen atoms in total. The number of morpholine rings is 1. The lowest BCUT2D eigenvalue weighted by Crippen LogP contribution is -2.40. The van der Waals surface area contributed by atoms with E-state index in [1.54, 1.807) is 37.3 Å². The smallest absolute Gasteiger partial charge is 0.248 e. The van der Waals surface area contributed by atoms with Crippen molar-refractivity contribution in [3.8, 4) is 17.2 Å². The number of carbonyl (C=O) groups excluding carboxylic acids is 1. The maximum absolute atomic E-state index is 12.9. The summed E-state index contributed by atoms with van der Waals surface area (Å²) in [5.74, 6) is 0.978. The first-order chi connectivity index (χ1) is 15.8. The summed E-state index contributed by atoms with van der Waals surface area (Å²) < 4.78 is 48.4. The molecular formula is C23H28N2O7S. The molecule has 0 saturated carbocycles. The third-order valence-electron chi connectivity index (χ3n) is 5.19. The van der Waals surface area contributed by atoms with Gasteiger partial charge in [-0.1, -0.05) is 6.07 Å². The number of hydrogen-bond acceptors (Lipinski definition) is 7. The van der Waals surface area contributed by atoms with Gasteiger partial charge in [0.05, 0.1) is 39.4 Å².